The van der Waals surface area contributed by atoms with Crippen LogP contribution in [-0.2, 0) is 6.54 Å². The highest BCUT2D eigenvalue weighted by Crippen LogP contribution is 2.20. The second kappa shape index (κ2) is 8.99. The first-order valence-corrected chi connectivity index (χ1v) is 9.15. The lowest BCUT2D eigenvalue weighted by Gasteiger charge is -2.28. The summed E-state index contributed by atoms with van der Waals surface area (Å²) in [5.74, 6) is 1.10. The summed E-state index contributed by atoms with van der Waals surface area (Å²) >= 11 is 0. The molecule has 2 aromatic carbocycles. The van der Waals surface area contributed by atoms with Crippen LogP contribution in [-0.4, -0.2) is 29.0 Å². The lowest BCUT2D eigenvalue weighted by molar-refractivity contribution is 0.102. The molecule has 1 aromatic heterocycles. The Morgan fingerprint density at radius 1 is 1.07 bits per heavy atom. The molecule has 3 aromatic rings. The smallest absolute Gasteiger partial charge is 0.274 e. The van der Waals surface area contributed by atoms with E-state index >= 15 is 0 Å². The maximum atomic E-state index is 12.7. The van der Waals surface area contributed by atoms with Gasteiger partial charge in [-0.25, -0.2) is 9.97 Å². The fourth-order valence-electron chi connectivity index (χ4n) is 2.83. The predicted molar refractivity (Wildman–Crippen MR) is 111 cm³/mol. The quantitative estimate of drug-likeness (QED) is 0.671. The number of ether oxygens (including phenoxy) is 1. The van der Waals surface area contributed by atoms with Gasteiger partial charge in [0.2, 0.25) is 0 Å². The monoisotopic (exact) mass is 376 g/mol. The van der Waals surface area contributed by atoms with E-state index in [2.05, 4.69) is 46.2 Å². The van der Waals surface area contributed by atoms with Crippen molar-refractivity contribution in [2.75, 3.05) is 17.3 Å². The van der Waals surface area contributed by atoms with Crippen LogP contribution in [0.4, 0.5) is 11.5 Å². The van der Waals surface area contributed by atoms with Crippen LogP contribution >= 0.6 is 0 Å². The van der Waals surface area contributed by atoms with Crippen molar-refractivity contribution in [2.24, 2.45) is 0 Å². The zero-order valence-electron chi connectivity index (χ0n) is 16.3. The Bertz CT molecular complexity index is 929. The van der Waals surface area contributed by atoms with Crippen LogP contribution in [0.25, 0.3) is 0 Å². The van der Waals surface area contributed by atoms with E-state index in [4.69, 9.17) is 4.74 Å². The third-order valence-electron chi connectivity index (χ3n) is 4.33. The Labute approximate surface area is 165 Å². The van der Waals surface area contributed by atoms with Crippen LogP contribution in [0.5, 0.6) is 5.75 Å². The maximum Gasteiger partial charge on any atom is 0.274 e. The molecule has 0 aliphatic carbocycles. The van der Waals surface area contributed by atoms with E-state index in [1.807, 2.05) is 30.3 Å². The average molecular weight is 376 g/mol. The predicted octanol–water partition coefficient (Wildman–Crippen LogP) is 4.15. The number of nitrogens with one attached hydrogen (secondary N) is 1. The van der Waals surface area contributed by atoms with Crippen molar-refractivity contribution >= 4 is 17.4 Å². The van der Waals surface area contributed by atoms with E-state index in [0.29, 0.717) is 29.5 Å². The molecule has 1 heterocycles. The highest BCUT2D eigenvalue weighted by molar-refractivity contribution is 6.03. The molecule has 144 valence electrons. The van der Waals surface area contributed by atoms with Gasteiger partial charge in [0, 0.05) is 30.4 Å². The molecule has 0 saturated heterocycles. The summed E-state index contributed by atoms with van der Waals surface area (Å²) in [6.45, 7) is 4.90. The van der Waals surface area contributed by atoms with Gasteiger partial charge in [0.15, 0.2) is 0 Å². The number of hydrogen-bond donors (Lipinski definition) is 1. The number of rotatable bonds is 7. The van der Waals surface area contributed by atoms with Gasteiger partial charge >= 0.3 is 0 Å². The molecule has 0 unspecified atom stereocenters. The van der Waals surface area contributed by atoms with Crippen molar-refractivity contribution in [3.05, 3.63) is 78.2 Å². The molecule has 0 fully saturated rings. The molecule has 0 bridgehead atoms. The van der Waals surface area contributed by atoms with Crippen LogP contribution in [0.2, 0.25) is 0 Å². The molecule has 28 heavy (non-hydrogen) atoms. The molecule has 0 saturated carbocycles. The highest BCUT2D eigenvalue weighted by Gasteiger charge is 2.16. The van der Waals surface area contributed by atoms with Gasteiger partial charge in [0.25, 0.3) is 5.91 Å². The van der Waals surface area contributed by atoms with Crippen molar-refractivity contribution < 1.29 is 9.53 Å². The third kappa shape index (κ3) is 4.85. The summed E-state index contributed by atoms with van der Waals surface area (Å²) in [5, 5.41) is 2.85. The number of anilines is 2. The van der Waals surface area contributed by atoms with E-state index in [9.17, 15) is 4.79 Å². The molecule has 0 spiro atoms. The van der Waals surface area contributed by atoms with Crippen LogP contribution < -0.4 is 15.0 Å². The number of nitrogens with zero attached hydrogens (tertiary/aromatic N) is 3. The molecular weight excluding hydrogens is 352 g/mol. The Hall–Kier alpha value is -3.41. The summed E-state index contributed by atoms with van der Waals surface area (Å²) in [5.41, 5.74) is 2.14. The van der Waals surface area contributed by atoms with Gasteiger partial charge in [0.1, 0.15) is 23.6 Å². The molecule has 0 aliphatic heterocycles. The van der Waals surface area contributed by atoms with Gasteiger partial charge in [-0.2, -0.15) is 0 Å². The van der Waals surface area contributed by atoms with Crippen molar-refractivity contribution in [1.29, 1.82) is 0 Å². The molecule has 0 atom stereocenters. The maximum absolute atomic E-state index is 12.7. The van der Waals surface area contributed by atoms with Gasteiger partial charge in [-0.15, -0.1) is 0 Å². The van der Waals surface area contributed by atoms with E-state index < -0.39 is 0 Å². The number of methoxy groups -OCH3 is 1. The van der Waals surface area contributed by atoms with Crippen LogP contribution in [0.1, 0.15) is 29.9 Å². The van der Waals surface area contributed by atoms with Gasteiger partial charge in [-0.1, -0.05) is 36.4 Å². The molecule has 1 amide bonds. The molecule has 6 nitrogen and oxygen atoms in total. The number of benzene rings is 2. The van der Waals surface area contributed by atoms with E-state index in [0.717, 1.165) is 0 Å². The molecular formula is C22H24N4O2. The van der Waals surface area contributed by atoms with E-state index in [1.54, 1.807) is 25.3 Å². The van der Waals surface area contributed by atoms with Crippen LogP contribution in [0, 0.1) is 0 Å². The standard InChI is InChI=1S/C22H24N4O2/c1-16(2)26(14-17-8-5-4-6-9-17)21-13-20(23-15-24-21)22(27)25-18-10-7-11-19(12-18)28-3/h4-13,15-16H,14H2,1-3H3,(H,25,27). The summed E-state index contributed by atoms with van der Waals surface area (Å²) < 4.78 is 5.19. The average Bonchev–Trinajstić information content (AvgIpc) is 2.72. The third-order valence-corrected chi connectivity index (χ3v) is 4.33. The molecule has 0 aliphatic rings. The minimum Gasteiger partial charge on any atom is -0.497 e. The van der Waals surface area contributed by atoms with Gasteiger partial charge in [0.05, 0.1) is 7.11 Å². The topological polar surface area (TPSA) is 67.3 Å². The van der Waals surface area contributed by atoms with Gasteiger partial charge in [-0.3, -0.25) is 4.79 Å². The molecule has 0 radical (unpaired) electrons. The minimum atomic E-state index is -0.291. The minimum absolute atomic E-state index is 0.212. The van der Waals surface area contributed by atoms with E-state index in [1.165, 1.54) is 11.9 Å². The number of carbonyl (C=O) groups is 1. The zero-order valence-corrected chi connectivity index (χ0v) is 16.3. The fraction of sp³-hybridized carbons (Fsp3) is 0.227. The number of aromatic nitrogens is 2. The Balaban J connectivity index is 1.80. The summed E-state index contributed by atoms with van der Waals surface area (Å²) in [4.78, 5) is 23.3. The Morgan fingerprint density at radius 2 is 1.86 bits per heavy atom. The highest BCUT2D eigenvalue weighted by atomic mass is 16.5. The van der Waals surface area contributed by atoms with Crippen LogP contribution in [0.3, 0.4) is 0 Å². The molecule has 1 N–H and O–H groups in total. The SMILES string of the molecule is COc1cccc(NC(=O)c2cc(N(Cc3ccccc3)C(C)C)ncn2)c1. The summed E-state index contributed by atoms with van der Waals surface area (Å²) in [6, 6.07) is 19.3. The first kappa shape index (κ1) is 19.4. The van der Waals surface area contributed by atoms with E-state index in [-0.39, 0.29) is 11.9 Å². The van der Waals surface area contributed by atoms with Crippen LogP contribution in [0.15, 0.2) is 67.0 Å². The van der Waals surface area contributed by atoms with Crippen molar-refractivity contribution in [3.63, 3.8) is 0 Å². The lowest BCUT2D eigenvalue weighted by atomic mass is 10.2. The number of carbonyl (C=O) groups excluding carboxylic acids is 1. The van der Waals surface area contributed by atoms with Gasteiger partial charge in [-0.05, 0) is 31.5 Å². The summed E-state index contributed by atoms with van der Waals surface area (Å²) in [6.07, 6.45) is 1.43. The fourth-order valence-corrected chi connectivity index (χ4v) is 2.83. The second-order valence-electron chi connectivity index (χ2n) is 6.65. The van der Waals surface area contributed by atoms with Crippen molar-refractivity contribution in [2.45, 2.75) is 26.4 Å². The van der Waals surface area contributed by atoms with Crippen molar-refractivity contribution in [1.82, 2.24) is 9.97 Å². The lowest BCUT2D eigenvalue weighted by Crippen LogP contribution is -2.31. The zero-order chi connectivity index (χ0) is 19.9. The first-order valence-electron chi connectivity index (χ1n) is 9.15. The Morgan fingerprint density at radius 3 is 2.57 bits per heavy atom. The normalized spacial score (nSPS) is 10.6. The molecule has 3 rings (SSSR count). The first-order chi connectivity index (χ1) is 13.6. The number of hydrogen-bond acceptors (Lipinski definition) is 5. The second-order valence-corrected chi connectivity index (χ2v) is 6.65. The number of amides is 1. The summed E-state index contributed by atoms with van der Waals surface area (Å²) in [7, 11) is 1.59. The largest absolute Gasteiger partial charge is 0.497 e. The molecule has 6 heteroatoms. The Kier molecular flexibility index (Phi) is 6.22. The van der Waals surface area contributed by atoms with Crippen molar-refractivity contribution in [3.8, 4) is 5.75 Å². The van der Waals surface area contributed by atoms with Gasteiger partial charge < -0.3 is 15.0 Å².